The molecular weight excluding hydrogens is 322 g/mol. The molecule has 0 fully saturated rings. The molecule has 25 heavy (non-hydrogen) atoms. The Morgan fingerprint density at radius 1 is 0.960 bits per heavy atom. The minimum atomic E-state index is 1.08. The zero-order valence-electron chi connectivity index (χ0n) is 15.7. The summed E-state index contributed by atoms with van der Waals surface area (Å²) in [6.45, 7) is 3.36. The van der Waals surface area contributed by atoms with Gasteiger partial charge in [0.25, 0.3) is 0 Å². The second-order valence-electron chi connectivity index (χ2n) is 7.10. The number of hydrogen-bond acceptors (Lipinski definition) is 2. The molecule has 0 bridgehead atoms. The highest BCUT2D eigenvalue weighted by atomic mass is 32.2. The van der Waals surface area contributed by atoms with Crippen molar-refractivity contribution in [3.8, 4) is 0 Å². The molecule has 0 saturated carbocycles. The molecule has 0 unspecified atom stereocenters. The summed E-state index contributed by atoms with van der Waals surface area (Å²) < 4.78 is 0. The fraction of sp³-hybridized carbons (Fsp3) is 0.391. The molecule has 2 heteroatoms. The second-order valence-corrected chi connectivity index (χ2v) is 8.18. The molecule has 1 heterocycles. The normalized spacial score (nSPS) is 14.6. The van der Waals surface area contributed by atoms with Crippen molar-refractivity contribution in [3.05, 3.63) is 65.2 Å². The first kappa shape index (κ1) is 18.3. The van der Waals surface area contributed by atoms with Crippen LogP contribution in [0.25, 0.3) is 5.57 Å². The van der Waals surface area contributed by atoms with Crippen LogP contribution in [0.15, 0.2) is 58.3 Å². The summed E-state index contributed by atoms with van der Waals surface area (Å²) in [5.74, 6) is 0. The summed E-state index contributed by atoms with van der Waals surface area (Å²) in [4.78, 5) is 5.03. The molecule has 3 rings (SSSR count). The molecule has 1 aliphatic rings. The number of hydrogen-bond donors (Lipinski definition) is 0. The van der Waals surface area contributed by atoms with Crippen LogP contribution in [0.3, 0.4) is 0 Å². The standard InChI is InChI=1S/C23H29NS/c1-4-5-6-10-18-14-15-23-21(17-18)19(12-9-16-24(2)3)20-11-7-8-13-22(20)25-23/h7-8,11-15,17H,4-6,9-10,16H2,1-3H3/b19-12-. The van der Waals surface area contributed by atoms with E-state index < -0.39 is 0 Å². The van der Waals surface area contributed by atoms with Gasteiger partial charge >= 0.3 is 0 Å². The van der Waals surface area contributed by atoms with Crippen molar-refractivity contribution < 1.29 is 0 Å². The number of nitrogens with zero attached hydrogens (tertiary/aromatic N) is 1. The van der Waals surface area contributed by atoms with Crippen molar-refractivity contribution in [3.63, 3.8) is 0 Å². The zero-order valence-corrected chi connectivity index (χ0v) is 16.5. The topological polar surface area (TPSA) is 3.24 Å². The maximum absolute atomic E-state index is 2.44. The minimum absolute atomic E-state index is 1.08. The van der Waals surface area contributed by atoms with E-state index in [2.05, 4.69) is 74.5 Å². The monoisotopic (exact) mass is 351 g/mol. The van der Waals surface area contributed by atoms with Crippen molar-refractivity contribution in [1.29, 1.82) is 0 Å². The minimum Gasteiger partial charge on any atom is -0.309 e. The molecule has 0 amide bonds. The van der Waals surface area contributed by atoms with Gasteiger partial charge in [0.1, 0.15) is 0 Å². The largest absolute Gasteiger partial charge is 0.309 e. The van der Waals surface area contributed by atoms with Crippen LogP contribution in [-0.4, -0.2) is 25.5 Å². The predicted molar refractivity (Wildman–Crippen MR) is 110 cm³/mol. The Morgan fingerprint density at radius 2 is 1.76 bits per heavy atom. The predicted octanol–water partition coefficient (Wildman–Crippen LogP) is 6.27. The van der Waals surface area contributed by atoms with Crippen LogP contribution in [0, 0.1) is 0 Å². The van der Waals surface area contributed by atoms with Gasteiger partial charge in [-0.15, -0.1) is 0 Å². The molecule has 0 aliphatic carbocycles. The summed E-state index contributed by atoms with van der Waals surface area (Å²) in [7, 11) is 4.28. The van der Waals surface area contributed by atoms with Crippen LogP contribution >= 0.6 is 11.8 Å². The van der Waals surface area contributed by atoms with E-state index in [0.29, 0.717) is 0 Å². The second kappa shape index (κ2) is 8.73. The molecule has 0 atom stereocenters. The van der Waals surface area contributed by atoms with Crippen LogP contribution < -0.4 is 0 Å². The van der Waals surface area contributed by atoms with E-state index in [1.807, 2.05) is 11.8 Å². The molecule has 0 N–H and O–H groups in total. The van der Waals surface area contributed by atoms with Gasteiger partial charge in [-0.3, -0.25) is 0 Å². The number of benzene rings is 2. The first-order valence-electron chi connectivity index (χ1n) is 9.44. The van der Waals surface area contributed by atoms with E-state index in [4.69, 9.17) is 0 Å². The Bertz CT molecular complexity index is 746. The van der Waals surface area contributed by atoms with Gasteiger partial charge in [0, 0.05) is 16.3 Å². The van der Waals surface area contributed by atoms with Gasteiger partial charge in [0.05, 0.1) is 0 Å². The van der Waals surface area contributed by atoms with Crippen molar-refractivity contribution in [2.45, 2.75) is 48.8 Å². The molecule has 0 aromatic heterocycles. The van der Waals surface area contributed by atoms with Crippen LogP contribution in [-0.2, 0) is 6.42 Å². The van der Waals surface area contributed by atoms with Crippen LogP contribution in [0.2, 0.25) is 0 Å². The number of rotatable bonds is 7. The van der Waals surface area contributed by atoms with E-state index in [9.17, 15) is 0 Å². The molecule has 2 aromatic carbocycles. The summed E-state index contributed by atoms with van der Waals surface area (Å²) in [5.41, 5.74) is 5.72. The van der Waals surface area contributed by atoms with Crippen LogP contribution in [0.4, 0.5) is 0 Å². The lowest BCUT2D eigenvalue weighted by Gasteiger charge is -2.23. The molecule has 1 nitrogen and oxygen atoms in total. The van der Waals surface area contributed by atoms with Gasteiger partial charge in [-0.1, -0.05) is 67.9 Å². The maximum Gasteiger partial charge on any atom is 0.0201 e. The highest BCUT2D eigenvalue weighted by molar-refractivity contribution is 7.99. The first-order chi connectivity index (χ1) is 12.2. The third-order valence-electron chi connectivity index (χ3n) is 4.73. The van der Waals surface area contributed by atoms with E-state index in [1.165, 1.54) is 57.7 Å². The first-order valence-corrected chi connectivity index (χ1v) is 10.3. The van der Waals surface area contributed by atoms with Gasteiger partial charge in [-0.05, 0) is 67.8 Å². The van der Waals surface area contributed by atoms with Gasteiger partial charge in [-0.25, -0.2) is 0 Å². The molecule has 1 aliphatic heterocycles. The lowest BCUT2D eigenvalue weighted by atomic mass is 9.93. The average molecular weight is 352 g/mol. The van der Waals surface area contributed by atoms with E-state index in [-0.39, 0.29) is 0 Å². The third-order valence-corrected chi connectivity index (χ3v) is 5.88. The van der Waals surface area contributed by atoms with Crippen molar-refractivity contribution in [1.82, 2.24) is 4.90 Å². The van der Waals surface area contributed by atoms with E-state index in [1.54, 1.807) is 0 Å². The van der Waals surface area contributed by atoms with Gasteiger partial charge < -0.3 is 4.90 Å². The van der Waals surface area contributed by atoms with Gasteiger partial charge in [-0.2, -0.15) is 0 Å². The third kappa shape index (κ3) is 4.56. The number of unbranched alkanes of at least 4 members (excludes halogenated alkanes) is 2. The Kier molecular flexibility index (Phi) is 6.39. The number of aryl methyl sites for hydroxylation is 1. The Hall–Kier alpha value is -1.51. The van der Waals surface area contributed by atoms with Crippen molar-refractivity contribution >= 4 is 17.3 Å². The summed E-state index contributed by atoms with van der Waals surface area (Å²) >= 11 is 1.91. The molecule has 0 saturated heterocycles. The highest BCUT2D eigenvalue weighted by Crippen LogP contribution is 2.45. The summed E-state index contributed by atoms with van der Waals surface area (Å²) in [5, 5.41) is 0. The van der Waals surface area contributed by atoms with Gasteiger partial charge in [0.2, 0.25) is 0 Å². The quantitative estimate of drug-likeness (QED) is 0.462. The van der Waals surface area contributed by atoms with E-state index in [0.717, 1.165) is 13.0 Å². The fourth-order valence-electron chi connectivity index (χ4n) is 3.34. The fourth-order valence-corrected chi connectivity index (χ4v) is 4.43. The number of fused-ring (bicyclic) bond motifs is 2. The molecule has 0 spiro atoms. The lowest BCUT2D eigenvalue weighted by Crippen LogP contribution is -2.12. The molecule has 0 radical (unpaired) electrons. The van der Waals surface area contributed by atoms with Crippen molar-refractivity contribution in [2.75, 3.05) is 20.6 Å². The summed E-state index contributed by atoms with van der Waals surface area (Å²) in [6.07, 6.45) is 8.61. The molecule has 2 aromatic rings. The van der Waals surface area contributed by atoms with E-state index >= 15 is 0 Å². The zero-order chi connectivity index (χ0) is 17.6. The highest BCUT2D eigenvalue weighted by Gasteiger charge is 2.20. The summed E-state index contributed by atoms with van der Waals surface area (Å²) in [6, 6.07) is 15.9. The lowest BCUT2D eigenvalue weighted by molar-refractivity contribution is 0.417. The van der Waals surface area contributed by atoms with Crippen LogP contribution in [0.5, 0.6) is 0 Å². The SMILES string of the molecule is CCCCCc1ccc2c(c1)/C(=C\CCN(C)C)c1ccccc1S2. The Balaban J connectivity index is 1.94. The Morgan fingerprint density at radius 3 is 2.56 bits per heavy atom. The van der Waals surface area contributed by atoms with Gasteiger partial charge in [0.15, 0.2) is 0 Å². The maximum atomic E-state index is 2.44. The molecule has 132 valence electrons. The smallest absolute Gasteiger partial charge is 0.0201 e. The average Bonchev–Trinajstić information content (AvgIpc) is 2.61. The van der Waals surface area contributed by atoms with Crippen molar-refractivity contribution in [2.24, 2.45) is 0 Å². The Labute approximate surface area is 157 Å². The molecular formula is C23H29NS. The van der Waals surface area contributed by atoms with Crippen LogP contribution in [0.1, 0.15) is 49.3 Å².